The number of hydrogen-bond acceptors (Lipinski definition) is 9. The number of nitrogens with zero attached hydrogens (tertiary/aromatic N) is 5. The van der Waals surface area contributed by atoms with E-state index < -0.39 is 24.1 Å². The van der Waals surface area contributed by atoms with Crippen molar-refractivity contribution < 1.29 is 32.1 Å². The van der Waals surface area contributed by atoms with Crippen LogP contribution in [0.4, 0.5) is 23.4 Å². The first kappa shape index (κ1) is 28.6. The fraction of sp³-hybridized carbons (Fsp3) is 0.469. The van der Waals surface area contributed by atoms with Crippen molar-refractivity contribution in [3.8, 4) is 23.0 Å². The van der Waals surface area contributed by atoms with E-state index in [4.69, 9.17) is 14.5 Å². The molecule has 5 atom stereocenters. The van der Waals surface area contributed by atoms with Crippen LogP contribution in [0.15, 0.2) is 30.5 Å². The predicted octanol–water partition coefficient (Wildman–Crippen LogP) is 4.49. The Bertz CT molecular complexity index is 1780. The van der Waals surface area contributed by atoms with Crippen LogP contribution in [0, 0.1) is 17.5 Å². The first-order valence-corrected chi connectivity index (χ1v) is 15.4. The van der Waals surface area contributed by atoms with Crippen molar-refractivity contribution in [2.45, 2.75) is 56.0 Å². The summed E-state index contributed by atoms with van der Waals surface area (Å²) in [7, 11) is 0. The van der Waals surface area contributed by atoms with Crippen LogP contribution >= 0.6 is 0 Å². The van der Waals surface area contributed by atoms with Crippen molar-refractivity contribution in [2.75, 3.05) is 44.4 Å². The van der Waals surface area contributed by atoms with Gasteiger partial charge in [0.15, 0.2) is 17.5 Å². The number of benzene rings is 2. The molecule has 9 nitrogen and oxygen atoms in total. The SMILES string of the molecule is Oc1cc(-c2ncc3c(N4C[C@H]5CC[C@@H](C4)N5)nc(OCC4C5CC(CO5)N4CCCF)nc3c2F)c2c(F)c(F)ccc2c1. The lowest BCUT2D eigenvalue weighted by molar-refractivity contribution is -0.0320. The van der Waals surface area contributed by atoms with Crippen LogP contribution in [0.3, 0.4) is 0 Å². The standard InChI is InChI=1S/C32H32F4N6O3/c33-6-1-7-42-19-9-25(44-14-19)24(42)15-45-32-39-30-22(31(40-32)41-12-17-3-4-18(13-41)38-17)11-37-29(28(30)36)21-10-20(43)8-16-2-5-23(34)27(35)26(16)21/h2,5,8,10-11,17-19,24-25,38,43H,1,3-4,6-7,9,12-15H2/t17-,18+,19?,24?,25?. The van der Waals surface area contributed by atoms with E-state index in [9.17, 15) is 13.9 Å². The zero-order chi connectivity index (χ0) is 30.8. The number of phenols is 1. The lowest BCUT2D eigenvalue weighted by Gasteiger charge is -2.35. The van der Waals surface area contributed by atoms with E-state index in [1.165, 1.54) is 18.3 Å². The highest BCUT2D eigenvalue weighted by molar-refractivity contribution is 6.00. The first-order chi connectivity index (χ1) is 21.9. The zero-order valence-corrected chi connectivity index (χ0v) is 24.4. The van der Waals surface area contributed by atoms with Crippen molar-refractivity contribution in [1.82, 2.24) is 25.2 Å². The van der Waals surface area contributed by atoms with Crippen LogP contribution in [0.25, 0.3) is 32.9 Å². The number of ether oxygens (including phenoxy) is 2. The molecule has 2 aromatic heterocycles. The Labute approximate surface area is 256 Å². The van der Waals surface area contributed by atoms with Crippen molar-refractivity contribution >= 4 is 27.5 Å². The predicted molar refractivity (Wildman–Crippen MR) is 159 cm³/mol. The molecule has 2 N–H and O–H groups in total. The van der Waals surface area contributed by atoms with Crippen LogP contribution in [0.1, 0.15) is 25.7 Å². The summed E-state index contributed by atoms with van der Waals surface area (Å²) in [4.78, 5) is 17.9. The molecule has 0 saturated carbocycles. The van der Waals surface area contributed by atoms with E-state index in [1.54, 1.807) is 0 Å². The largest absolute Gasteiger partial charge is 0.508 e. The van der Waals surface area contributed by atoms with Gasteiger partial charge >= 0.3 is 6.01 Å². The van der Waals surface area contributed by atoms with Gasteiger partial charge in [-0.15, -0.1) is 0 Å². The Kier molecular flexibility index (Phi) is 7.14. The molecule has 3 unspecified atom stereocenters. The number of fused-ring (bicyclic) bond motifs is 6. The minimum absolute atomic E-state index is 0.0364. The van der Waals surface area contributed by atoms with E-state index in [1.807, 2.05) is 0 Å². The molecule has 0 amide bonds. The summed E-state index contributed by atoms with van der Waals surface area (Å²) in [6.45, 7) is 2.26. The van der Waals surface area contributed by atoms with Gasteiger partial charge < -0.3 is 24.8 Å². The second-order valence-corrected chi connectivity index (χ2v) is 12.4. The highest BCUT2D eigenvalue weighted by atomic mass is 19.2. The van der Waals surface area contributed by atoms with Gasteiger partial charge in [0.25, 0.3) is 0 Å². The van der Waals surface area contributed by atoms with Crippen LogP contribution < -0.4 is 15.0 Å². The fourth-order valence-electron chi connectivity index (χ4n) is 7.63. The Morgan fingerprint density at radius 1 is 1.07 bits per heavy atom. The van der Waals surface area contributed by atoms with Gasteiger partial charge in [0.1, 0.15) is 29.4 Å². The summed E-state index contributed by atoms with van der Waals surface area (Å²) in [5.41, 5.74) is -0.479. The molecule has 4 bridgehead atoms. The molecule has 6 heterocycles. The Hall–Kier alpha value is -3.81. The quantitative estimate of drug-likeness (QED) is 0.275. The van der Waals surface area contributed by atoms with Crippen LogP contribution in [-0.2, 0) is 4.74 Å². The highest BCUT2D eigenvalue weighted by Gasteiger charge is 2.47. The Balaban J connectivity index is 1.22. The van der Waals surface area contributed by atoms with Crippen LogP contribution in [-0.4, -0.2) is 94.8 Å². The number of pyridine rings is 1. The molecule has 4 fully saturated rings. The van der Waals surface area contributed by atoms with Gasteiger partial charge in [0.05, 0.1) is 30.8 Å². The topological polar surface area (TPSA) is 95.9 Å². The molecule has 0 aliphatic carbocycles. The molecule has 4 aliphatic heterocycles. The molecule has 13 heteroatoms. The summed E-state index contributed by atoms with van der Waals surface area (Å²) >= 11 is 0. The maximum atomic E-state index is 16.6. The molecule has 236 valence electrons. The molecular formula is C32H32F4N6O3. The molecular weight excluding hydrogens is 592 g/mol. The second kappa shape index (κ2) is 11.2. The number of hydrogen-bond donors (Lipinski definition) is 2. The normalized spacial score (nSPS) is 26.0. The third-order valence-corrected chi connectivity index (χ3v) is 9.67. The van der Waals surface area contributed by atoms with Crippen molar-refractivity contribution in [1.29, 1.82) is 0 Å². The second-order valence-electron chi connectivity index (χ2n) is 12.4. The van der Waals surface area contributed by atoms with Gasteiger partial charge in [0.2, 0.25) is 0 Å². The number of rotatable bonds is 8. The molecule has 4 aliphatic rings. The number of aromatic nitrogens is 3. The molecule has 2 aromatic carbocycles. The molecule has 4 aromatic rings. The zero-order valence-electron chi connectivity index (χ0n) is 24.4. The lowest BCUT2D eigenvalue weighted by atomic mass is 9.99. The van der Waals surface area contributed by atoms with Crippen LogP contribution in [0.2, 0.25) is 0 Å². The number of piperazine rings is 1. The smallest absolute Gasteiger partial charge is 0.319 e. The lowest BCUT2D eigenvalue weighted by Crippen LogP contribution is -2.51. The first-order valence-electron chi connectivity index (χ1n) is 15.4. The minimum atomic E-state index is -1.17. The van der Waals surface area contributed by atoms with Gasteiger partial charge in [-0.25, -0.2) is 13.2 Å². The summed E-state index contributed by atoms with van der Waals surface area (Å²) in [5, 5.41) is 14.3. The number of nitrogens with one attached hydrogen (secondary N) is 1. The van der Waals surface area contributed by atoms with Gasteiger partial charge in [-0.2, -0.15) is 9.97 Å². The number of halogens is 4. The van der Waals surface area contributed by atoms with Gasteiger partial charge in [-0.1, -0.05) is 6.07 Å². The maximum Gasteiger partial charge on any atom is 0.319 e. The summed E-state index contributed by atoms with van der Waals surface area (Å²) in [6, 6.07) is 5.29. The molecule has 0 spiro atoms. The summed E-state index contributed by atoms with van der Waals surface area (Å²) in [6.07, 6.45) is 4.68. The molecule has 0 radical (unpaired) electrons. The van der Waals surface area contributed by atoms with Crippen molar-refractivity contribution in [2.24, 2.45) is 0 Å². The van der Waals surface area contributed by atoms with Gasteiger partial charge in [-0.3, -0.25) is 14.3 Å². The Morgan fingerprint density at radius 3 is 2.69 bits per heavy atom. The fourth-order valence-corrected chi connectivity index (χ4v) is 7.63. The molecule has 4 saturated heterocycles. The number of likely N-dealkylation sites (tertiary alicyclic amines) is 1. The van der Waals surface area contributed by atoms with E-state index in [2.05, 4.69) is 25.1 Å². The summed E-state index contributed by atoms with van der Waals surface area (Å²) < 4.78 is 71.1. The average molecular weight is 625 g/mol. The van der Waals surface area contributed by atoms with E-state index in [0.717, 1.165) is 31.4 Å². The number of alkyl halides is 1. The van der Waals surface area contributed by atoms with Crippen molar-refractivity contribution in [3.05, 3.63) is 47.9 Å². The number of anilines is 1. The molecule has 45 heavy (non-hydrogen) atoms. The minimum Gasteiger partial charge on any atom is -0.508 e. The summed E-state index contributed by atoms with van der Waals surface area (Å²) in [5.74, 6) is -2.92. The van der Waals surface area contributed by atoms with Crippen LogP contribution in [0.5, 0.6) is 11.8 Å². The third kappa shape index (κ3) is 4.92. The van der Waals surface area contributed by atoms with E-state index >= 15 is 8.78 Å². The number of morpholine rings is 1. The maximum absolute atomic E-state index is 16.6. The number of aromatic hydroxyl groups is 1. The van der Waals surface area contributed by atoms with Gasteiger partial charge in [-0.05, 0) is 49.3 Å². The monoisotopic (exact) mass is 624 g/mol. The van der Waals surface area contributed by atoms with Crippen molar-refractivity contribution in [3.63, 3.8) is 0 Å². The number of phenolic OH excluding ortho intramolecular Hbond substituents is 1. The highest BCUT2D eigenvalue weighted by Crippen LogP contribution is 2.39. The molecule has 8 rings (SSSR count). The third-order valence-electron chi connectivity index (χ3n) is 9.67. The van der Waals surface area contributed by atoms with E-state index in [-0.39, 0.29) is 76.2 Å². The average Bonchev–Trinajstić information content (AvgIpc) is 3.74. The Morgan fingerprint density at radius 2 is 1.89 bits per heavy atom. The van der Waals surface area contributed by atoms with E-state index in [0.29, 0.717) is 43.9 Å². The van der Waals surface area contributed by atoms with Gasteiger partial charge in [0, 0.05) is 54.9 Å².